The molecule has 0 fully saturated rings. The molecular formula is C16H24N6O2S. The van der Waals surface area contributed by atoms with Crippen molar-refractivity contribution in [3.8, 4) is 0 Å². The molecule has 0 bridgehead atoms. The van der Waals surface area contributed by atoms with E-state index in [4.69, 9.17) is 0 Å². The van der Waals surface area contributed by atoms with Crippen molar-refractivity contribution in [3.63, 3.8) is 0 Å². The summed E-state index contributed by atoms with van der Waals surface area (Å²) in [6.45, 7) is 1.15. The molecule has 0 radical (unpaired) electrons. The molecule has 0 spiro atoms. The van der Waals surface area contributed by atoms with E-state index in [1.807, 2.05) is 31.3 Å². The number of hydrogen-bond acceptors (Lipinski definition) is 4. The van der Waals surface area contributed by atoms with E-state index in [0.717, 1.165) is 16.8 Å². The molecule has 8 nitrogen and oxygen atoms in total. The zero-order valence-corrected chi connectivity index (χ0v) is 15.5. The molecule has 0 aliphatic carbocycles. The Balaban J connectivity index is 1.92. The molecule has 0 atom stereocenters. The van der Waals surface area contributed by atoms with Crippen LogP contribution >= 0.6 is 0 Å². The Morgan fingerprint density at radius 1 is 1.20 bits per heavy atom. The van der Waals surface area contributed by atoms with Crippen LogP contribution in [0, 0.1) is 0 Å². The van der Waals surface area contributed by atoms with Gasteiger partial charge in [-0.1, -0.05) is 24.3 Å². The molecule has 2 aromatic rings. The number of aromatic nitrogens is 2. The highest BCUT2D eigenvalue weighted by atomic mass is 32.2. The van der Waals surface area contributed by atoms with E-state index in [1.54, 1.807) is 24.0 Å². The number of guanidine groups is 1. The van der Waals surface area contributed by atoms with Crippen LogP contribution in [0.4, 0.5) is 0 Å². The van der Waals surface area contributed by atoms with Gasteiger partial charge in [0.05, 0.1) is 18.0 Å². The first kappa shape index (κ1) is 18.9. The van der Waals surface area contributed by atoms with Gasteiger partial charge < -0.3 is 10.6 Å². The number of nitrogens with zero attached hydrogens (tertiary/aromatic N) is 3. The van der Waals surface area contributed by atoms with E-state index in [9.17, 15) is 8.42 Å². The van der Waals surface area contributed by atoms with Gasteiger partial charge in [-0.25, -0.2) is 13.1 Å². The number of aryl methyl sites for hydroxylation is 1. The van der Waals surface area contributed by atoms with Crippen LogP contribution in [0.3, 0.4) is 0 Å². The largest absolute Gasteiger partial charge is 0.352 e. The van der Waals surface area contributed by atoms with Gasteiger partial charge in [-0.05, 0) is 24.2 Å². The van der Waals surface area contributed by atoms with Gasteiger partial charge in [0.25, 0.3) is 0 Å². The summed E-state index contributed by atoms with van der Waals surface area (Å²) in [4.78, 5) is 4.19. The number of sulfonamides is 1. The number of rotatable bonds is 7. The molecular weight excluding hydrogens is 340 g/mol. The van der Waals surface area contributed by atoms with E-state index in [2.05, 4.69) is 25.4 Å². The highest BCUT2D eigenvalue weighted by Gasteiger charge is 2.09. The van der Waals surface area contributed by atoms with Crippen LogP contribution in [0.5, 0.6) is 0 Å². The van der Waals surface area contributed by atoms with Crippen molar-refractivity contribution in [2.24, 2.45) is 12.0 Å². The maximum Gasteiger partial charge on any atom is 0.215 e. The molecule has 0 unspecified atom stereocenters. The highest BCUT2D eigenvalue weighted by Crippen LogP contribution is 2.08. The van der Waals surface area contributed by atoms with Gasteiger partial charge in [-0.15, -0.1) is 0 Å². The topological polar surface area (TPSA) is 100 Å². The third kappa shape index (κ3) is 5.87. The Labute approximate surface area is 148 Å². The summed E-state index contributed by atoms with van der Waals surface area (Å²) in [6.07, 6.45) is 1.75. The van der Waals surface area contributed by atoms with Gasteiger partial charge in [-0.3, -0.25) is 9.67 Å². The number of nitrogens with one attached hydrogen (secondary N) is 3. The second kappa shape index (κ2) is 8.63. The molecule has 2 rings (SSSR count). The molecule has 0 aliphatic heterocycles. The first-order valence-corrected chi connectivity index (χ1v) is 9.49. The van der Waals surface area contributed by atoms with E-state index in [0.29, 0.717) is 19.0 Å². The predicted molar refractivity (Wildman–Crippen MR) is 98.4 cm³/mol. The SMILES string of the molecule is CN=C(NCc1cccc(CS(=O)(=O)NC)c1)NCc1ccnn1C. The van der Waals surface area contributed by atoms with Crippen LogP contribution in [-0.2, 0) is 35.9 Å². The fourth-order valence-electron chi connectivity index (χ4n) is 2.28. The first-order valence-electron chi connectivity index (χ1n) is 7.84. The lowest BCUT2D eigenvalue weighted by Gasteiger charge is -2.12. The van der Waals surface area contributed by atoms with Crippen molar-refractivity contribution in [2.75, 3.05) is 14.1 Å². The summed E-state index contributed by atoms with van der Waals surface area (Å²) in [5.74, 6) is 0.625. The molecule has 136 valence electrons. The normalized spacial score (nSPS) is 12.2. The zero-order chi connectivity index (χ0) is 18.3. The van der Waals surface area contributed by atoms with Crippen molar-refractivity contribution < 1.29 is 8.42 Å². The standard InChI is InChI=1S/C16H24N6O2S/c1-17-16(20-11-15-7-8-21-22(15)3)19-10-13-5-4-6-14(9-13)12-25(23,24)18-2/h4-9,18H,10-12H2,1-3H3,(H2,17,19,20). The quantitative estimate of drug-likeness (QED) is 0.486. The summed E-state index contributed by atoms with van der Waals surface area (Å²) < 4.78 is 27.4. The Morgan fingerprint density at radius 3 is 2.56 bits per heavy atom. The number of benzene rings is 1. The van der Waals surface area contributed by atoms with Crippen molar-refractivity contribution in [2.45, 2.75) is 18.8 Å². The Kier molecular flexibility index (Phi) is 6.54. The summed E-state index contributed by atoms with van der Waals surface area (Å²) in [7, 11) is 1.73. The van der Waals surface area contributed by atoms with Crippen molar-refractivity contribution in [3.05, 3.63) is 53.3 Å². The van der Waals surface area contributed by atoms with E-state index >= 15 is 0 Å². The third-order valence-corrected chi connectivity index (χ3v) is 5.04. The van der Waals surface area contributed by atoms with Gasteiger partial charge in [-0.2, -0.15) is 5.10 Å². The van der Waals surface area contributed by atoms with Crippen LogP contribution in [0.15, 0.2) is 41.5 Å². The molecule has 0 saturated carbocycles. The second-order valence-electron chi connectivity index (χ2n) is 5.51. The Morgan fingerprint density at radius 2 is 1.92 bits per heavy atom. The van der Waals surface area contributed by atoms with Crippen molar-refractivity contribution in [1.29, 1.82) is 0 Å². The molecule has 3 N–H and O–H groups in total. The van der Waals surface area contributed by atoms with E-state index < -0.39 is 10.0 Å². The van der Waals surface area contributed by atoms with Crippen LogP contribution in [0.1, 0.15) is 16.8 Å². The fraction of sp³-hybridized carbons (Fsp3) is 0.375. The summed E-state index contributed by atoms with van der Waals surface area (Å²) >= 11 is 0. The number of hydrogen-bond donors (Lipinski definition) is 3. The second-order valence-corrected chi connectivity index (χ2v) is 7.44. The maximum absolute atomic E-state index is 11.7. The van der Waals surface area contributed by atoms with Gasteiger partial charge in [0, 0.05) is 26.8 Å². The smallest absolute Gasteiger partial charge is 0.215 e. The van der Waals surface area contributed by atoms with Crippen LogP contribution in [-0.4, -0.2) is 38.3 Å². The molecule has 1 heterocycles. The molecule has 25 heavy (non-hydrogen) atoms. The van der Waals surface area contributed by atoms with Gasteiger partial charge >= 0.3 is 0 Å². The minimum absolute atomic E-state index is 0.0369. The first-order chi connectivity index (χ1) is 11.9. The molecule has 1 aromatic carbocycles. The van der Waals surface area contributed by atoms with Gasteiger partial charge in [0.1, 0.15) is 0 Å². The van der Waals surface area contributed by atoms with E-state index in [1.165, 1.54) is 7.05 Å². The zero-order valence-electron chi connectivity index (χ0n) is 14.7. The van der Waals surface area contributed by atoms with Crippen LogP contribution in [0.25, 0.3) is 0 Å². The summed E-state index contributed by atoms with van der Waals surface area (Å²) in [5, 5.41) is 10.6. The summed E-state index contributed by atoms with van der Waals surface area (Å²) in [5.41, 5.74) is 2.76. The molecule has 1 aromatic heterocycles. The Hall–Kier alpha value is -2.39. The van der Waals surface area contributed by atoms with Gasteiger partial charge in [0.2, 0.25) is 10.0 Å². The average molecular weight is 364 g/mol. The third-order valence-electron chi connectivity index (χ3n) is 3.70. The molecule has 0 saturated heterocycles. The predicted octanol–water partition coefficient (Wildman–Crippen LogP) is 0.335. The minimum Gasteiger partial charge on any atom is -0.352 e. The van der Waals surface area contributed by atoms with Gasteiger partial charge in [0.15, 0.2) is 5.96 Å². The van der Waals surface area contributed by atoms with Crippen LogP contribution in [0.2, 0.25) is 0 Å². The molecule has 9 heteroatoms. The van der Waals surface area contributed by atoms with Crippen molar-refractivity contribution in [1.82, 2.24) is 25.1 Å². The monoisotopic (exact) mass is 364 g/mol. The summed E-state index contributed by atoms with van der Waals surface area (Å²) in [6, 6.07) is 9.40. The minimum atomic E-state index is -3.28. The highest BCUT2D eigenvalue weighted by molar-refractivity contribution is 7.88. The lowest BCUT2D eigenvalue weighted by molar-refractivity contribution is 0.587. The Bertz CT molecular complexity index is 829. The number of aliphatic imine (C=N–C) groups is 1. The van der Waals surface area contributed by atoms with Crippen molar-refractivity contribution >= 4 is 16.0 Å². The lowest BCUT2D eigenvalue weighted by Crippen LogP contribution is -2.36. The van der Waals surface area contributed by atoms with E-state index in [-0.39, 0.29) is 5.75 Å². The van der Waals surface area contributed by atoms with Crippen LogP contribution < -0.4 is 15.4 Å². The maximum atomic E-state index is 11.7. The lowest BCUT2D eigenvalue weighted by atomic mass is 10.1. The fourth-order valence-corrected chi connectivity index (χ4v) is 3.04. The molecule has 0 amide bonds. The molecule has 0 aliphatic rings. The average Bonchev–Trinajstić information content (AvgIpc) is 3.00.